The quantitative estimate of drug-likeness (QED) is 0.254. The minimum absolute atomic E-state index is 0.260. The molecule has 0 bridgehead atoms. The van der Waals surface area contributed by atoms with Gasteiger partial charge in [0.2, 0.25) is 0 Å². The molecule has 5 rings (SSSR count). The lowest BCUT2D eigenvalue weighted by atomic mass is 9.84. The molecule has 5 N–H and O–H groups in total. The first-order valence-electron chi connectivity index (χ1n) is 11.1. The summed E-state index contributed by atoms with van der Waals surface area (Å²) in [5.41, 5.74) is 6.94. The number of hydrogen-bond donors (Lipinski definition) is 5. The zero-order valence-corrected chi connectivity index (χ0v) is 20.6. The summed E-state index contributed by atoms with van der Waals surface area (Å²) in [5.74, 6) is -3.28. The van der Waals surface area contributed by atoms with E-state index in [1.807, 2.05) is 24.4 Å². The summed E-state index contributed by atoms with van der Waals surface area (Å²) >= 11 is 12.3. The molecule has 0 radical (unpaired) electrons. The zero-order chi connectivity index (χ0) is 26.7. The maximum Gasteiger partial charge on any atom is 0.335 e. The van der Waals surface area contributed by atoms with Crippen molar-refractivity contribution in [1.82, 2.24) is 19.9 Å². The van der Waals surface area contributed by atoms with Gasteiger partial charge in [0, 0.05) is 30.8 Å². The Morgan fingerprint density at radius 1 is 0.946 bits per heavy atom. The van der Waals surface area contributed by atoms with Gasteiger partial charge in [-0.2, -0.15) is 5.10 Å². The van der Waals surface area contributed by atoms with Gasteiger partial charge in [0.1, 0.15) is 6.33 Å². The molecule has 10 nitrogen and oxygen atoms in total. The van der Waals surface area contributed by atoms with E-state index in [0.717, 1.165) is 24.3 Å². The third-order valence-corrected chi connectivity index (χ3v) is 6.68. The molecular formula is C25H22Cl2N4O6. The van der Waals surface area contributed by atoms with Gasteiger partial charge in [0.15, 0.2) is 17.9 Å². The Bertz CT molecular complexity index is 1440. The second-order valence-electron chi connectivity index (χ2n) is 8.32. The highest BCUT2D eigenvalue weighted by molar-refractivity contribution is 6.42. The van der Waals surface area contributed by atoms with Crippen molar-refractivity contribution in [2.75, 3.05) is 6.54 Å². The van der Waals surface area contributed by atoms with Crippen LogP contribution in [-0.4, -0.2) is 65.7 Å². The molecule has 0 saturated heterocycles. The predicted molar refractivity (Wildman–Crippen MR) is 136 cm³/mol. The minimum Gasteiger partial charge on any atom is -0.479 e. The number of nitrogens with one attached hydrogen (secondary N) is 1. The van der Waals surface area contributed by atoms with Crippen molar-refractivity contribution in [3.63, 3.8) is 0 Å². The molecule has 12 heteroatoms. The van der Waals surface area contributed by atoms with Crippen LogP contribution in [0.5, 0.6) is 0 Å². The fraction of sp³-hybridized carbons (Fsp3) is 0.200. The summed E-state index contributed by atoms with van der Waals surface area (Å²) in [6.07, 6.45) is -0.955. The van der Waals surface area contributed by atoms with Gasteiger partial charge in [0.05, 0.1) is 10.0 Å². The van der Waals surface area contributed by atoms with Crippen LogP contribution in [0.15, 0.2) is 61.1 Å². The van der Waals surface area contributed by atoms with Gasteiger partial charge in [-0.3, -0.25) is 0 Å². The average Bonchev–Trinajstić information content (AvgIpc) is 3.37. The van der Waals surface area contributed by atoms with Crippen LogP contribution in [0.1, 0.15) is 22.6 Å². The van der Waals surface area contributed by atoms with E-state index in [-0.39, 0.29) is 5.92 Å². The third kappa shape index (κ3) is 5.90. The Labute approximate surface area is 220 Å². The van der Waals surface area contributed by atoms with E-state index < -0.39 is 24.1 Å². The first-order chi connectivity index (χ1) is 17.7. The van der Waals surface area contributed by atoms with Gasteiger partial charge in [-0.05, 0) is 52.6 Å². The Balaban J connectivity index is 0.000000275. The van der Waals surface area contributed by atoms with Crippen LogP contribution in [0.25, 0.3) is 16.8 Å². The van der Waals surface area contributed by atoms with Gasteiger partial charge in [-0.1, -0.05) is 41.4 Å². The number of aliphatic hydroxyl groups is 2. The molecule has 1 aliphatic rings. The van der Waals surface area contributed by atoms with Crippen LogP contribution in [-0.2, 0) is 16.1 Å². The van der Waals surface area contributed by atoms with Crippen LogP contribution in [0.4, 0.5) is 0 Å². The molecule has 0 saturated carbocycles. The summed E-state index contributed by atoms with van der Waals surface area (Å²) in [6, 6.07) is 16.6. The third-order valence-electron chi connectivity index (χ3n) is 5.94. The van der Waals surface area contributed by atoms with Gasteiger partial charge < -0.3 is 25.7 Å². The number of halogens is 2. The average molecular weight is 545 g/mol. The number of rotatable bonds is 5. The van der Waals surface area contributed by atoms with E-state index in [4.69, 9.17) is 43.6 Å². The second kappa shape index (κ2) is 11.2. The number of carbonyl (C=O) groups is 2. The predicted octanol–water partition coefficient (Wildman–Crippen LogP) is 2.82. The largest absolute Gasteiger partial charge is 0.479 e. The fourth-order valence-corrected chi connectivity index (χ4v) is 4.33. The number of aliphatic carboxylic acids is 2. The maximum atomic E-state index is 9.77. The van der Waals surface area contributed by atoms with Crippen molar-refractivity contribution in [2.45, 2.75) is 24.7 Å². The van der Waals surface area contributed by atoms with E-state index in [1.54, 1.807) is 10.8 Å². The second-order valence-corrected chi connectivity index (χ2v) is 9.13. The Kier molecular flexibility index (Phi) is 8.06. The number of nitrogens with zero attached hydrogens (tertiary/aromatic N) is 3. The van der Waals surface area contributed by atoms with Crippen molar-refractivity contribution in [2.24, 2.45) is 0 Å². The van der Waals surface area contributed by atoms with E-state index >= 15 is 0 Å². The van der Waals surface area contributed by atoms with Crippen molar-refractivity contribution in [3.05, 3.63) is 87.8 Å². The molecular weight excluding hydrogens is 523 g/mol. The van der Waals surface area contributed by atoms with Gasteiger partial charge in [0.25, 0.3) is 0 Å². The number of hydrogen-bond acceptors (Lipinski definition) is 7. The van der Waals surface area contributed by atoms with Gasteiger partial charge in [-0.25, -0.2) is 19.1 Å². The smallest absolute Gasteiger partial charge is 0.335 e. The molecule has 0 aliphatic carbocycles. The van der Waals surface area contributed by atoms with Crippen molar-refractivity contribution in [3.8, 4) is 11.1 Å². The maximum absolute atomic E-state index is 9.77. The highest BCUT2D eigenvalue weighted by Crippen LogP contribution is 2.35. The molecule has 0 amide bonds. The molecule has 2 aromatic heterocycles. The van der Waals surface area contributed by atoms with E-state index in [1.165, 1.54) is 22.3 Å². The van der Waals surface area contributed by atoms with E-state index in [0.29, 0.717) is 10.0 Å². The van der Waals surface area contributed by atoms with Crippen LogP contribution in [0.3, 0.4) is 0 Å². The molecule has 0 fully saturated rings. The molecule has 192 valence electrons. The number of fused-ring (bicyclic) bond motifs is 2. The van der Waals surface area contributed by atoms with Gasteiger partial charge in [-0.15, -0.1) is 0 Å². The molecule has 3 unspecified atom stereocenters. The summed E-state index contributed by atoms with van der Waals surface area (Å²) in [6.45, 7) is 1.74. The topological polar surface area (TPSA) is 157 Å². The van der Waals surface area contributed by atoms with Gasteiger partial charge >= 0.3 is 11.9 Å². The number of pyridine rings is 1. The van der Waals surface area contributed by atoms with Crippen molar-refractivity contribution < 1.29 is 30.0 Å². The number of carboxylic acids is 2. The molecule has 2 aromatic carbocycles. The number of carboxylic acid groups (broad SMARTS) is 2. The highest BCUT2D eigenvalue weighted by atomic mass is 35.5. The Hall–Kier alpha value is -3.54. The van der Waals surface area contributed by atoms with Crippen LogP contribution >= 0.6 is 23.2 Å². The fourth-order valence-electron chi connectivity index (χ4n) is 4.02. The van der Waals surface area contributed by atoms with Crippen LogP contribution in [0, 0.1) is 0 Å². The van der Waals surface area contributed by atoms with Crippen LogP contribution in [0.2, 0.25) is 10.0 Å². The molecule has 1 aliphatic heterocycles. The summed E-state index contributed by atoms with van der Waals surface area (Å²) in [7, 11) is 0. The SMILES string of the molecule is Clc1ccc(C2CNCc3cc(-c4ccc5ncnn5c4)ccc32)cc1Cl.O=C(O)C(O)C(O)C(=O)O. The summed E-state index contributed by atoms with van der Waals surface area (Å²) in [5, 5.41) is 41.5. The Morgan fingerprint density at radius 3 is 2.32 bits per heavy atom. The minimum atomic E-state index is -2.27. The first kappa shape index (κ1) is 26.5. The summed E-state index contributed by atoms with van der Waals surface area (Å²) in [4.78, 5) is 23.7. The molecule has 3 heterocycles. The number of benzene rings is 2. The lowest BCUT2D eigenvalue weighted by Gasteiger charge is -2.27. The number of aromatic nitrogens is 3. The summed E-state index contributed by atoms with van der Waals surface area (Å²) < 4.78 is 1.80. The standard InChI is InChI=1S/C21H16Cl2N4.C4H6O6/c22-19-5-2-14(8-20(19)23)18-10-24-9-16-7-13(1-4-17(16)18)15-3-6-21-25-12-26-27(21)11-15;5-1(3(7)8)2(6)4(9)10/h1-8,11-12,18,24H,9-10H2;1-2,5-6H,(H,7,8)(H,9,10). The van der Waals surface area contributed by atoms with Crippen molar-refractivity contribution >= 4 is 40.8 Å². The molecule has 0 spiro atoms. The monoisotopic (exact) mass is 544 g/mol. The van der Waals surface area contributed by atoms with Crippen LogP contribution < -0.4 is 5.32 Å². The lowest BCUT2D eigenvalue weighted by Crippen LogP contribution is -2.39. The molecule has 3 atom stereocenters. The number of aliphatic hydroxyl groups excluding tert-OH is 2. The van der Waals surface area contributed by atoms with Crippen molar-refractivity contribution in [1.29, 1.82) is 0 Å². The van der Waals surface area contributed by atoms with E-state index in [2.05, 4.69) is 45.7 Å². The normalized spacial score (nSPS) is 16.3. The zero-order valence-electron chi connectivity index (χ0n) is 19.1. The lowest BCUT2D eigenvalue weighted by molar-refractivity contribution is -0.165. The molecule has 37 heavy (non-hydrogen) atoms. The highest BCUT2D eigenvalue weighted by Gasteiger charge is 2.29. The molecule has 4 aromatic rings. The van der Waals surface area contributed by atoms with E-state index in [9.17, 15) is 9.59 Å². The Morgan fingerprint density at radius 2 is 1.65 bits per heavy atom. The first-order valence-corrected chi connectivity index (χ1v) is 11.8.